The second-order valence-electron chi connectivity index (χ2n) is 7.08. The van der Waals surface area contributed by atoms with Gasteiger partial charge in [-0.15, -0.1) is 0 Å². The van der Waals surface area contributed by atoms with Gasteiger partial charge in [0.2, 0.25) is 11.8 Å². The number of anilines is 1. The van der Waals surface area contributed by atoms with Crippen LogP contribution in [0, 0.1) is 6.92 Å². The number of aryl methyl sites for hydroxylation is 1. The van der Waals surface area contributed by atoms with E-state index >= 15 is 0 Å². The fraction of sp³-hybridized carbons (Fsp3) is 0.391. The van der Waals surface area contributed by atoms with Crippen molar-refractivity contribution >= 4 is 17.5 Å². The molecule has 0 aliphatic rings. The first-order valence-electron chi connectivity index (χ1n) is 9.86. The van der Waals surface area contributed by atoms with Crippen LogP contribution in [0.3, 0.4) is 0 Å². The third-order valence-corrected chi connectivity index (χ3v) is 4.76. The Bertz CT molecular complexity index is 783. The highest BCUT2D eigenvalue weighted by atomic mass is 16.2. The van der Waals surface area contributed by atoms with Gasteiger partial charge in [0.05, 0.1) is 12.5 Å². The number of rotatable bonds is 9. The summed E-state index contributed by atoms with van der Waals surface area (Å²) in [4.78, 5) is 26.5. The average molecular weight is 382 g/mol. The molecule has 2 aromatic carbocycles. The first-order chi connectivity index (χ1) is 13.4. The zero-order valence-electron chi connectivity index (χ0n) is 17.3. The summed E-state index contributed by atoms with van der Waals surface area (Å²) in [5, 5.41) is 5.85. The van der Waals surface area contributed by atoms with Crippen molar-refractivity contribution in [1.82, 2.24) is 10.2 Å². The lowest BCUT2D eigenvalue weighted by Crippen LogP contribution is -2.29. The molecular weight excluding hydrogens is 350 g/mol. The molecule has 0 aliphatic carbocycles. The molecule has 0 aliphatic heterocycles. The van der Waals surface area contributed by atoms with Crippen LogP contribution in [0.5, 0.6) is 0 Å². The van der Waals surface area contributed by atoms with Crippen molar-refractivity contribution in [3.8, 4) is 0 Å². The molecule has 0 radical (unpaired) electrons. The van der Waals surface area contributed by atoms with Crippen molar-refractivity contribution in [3.63, 3.8) is 0 Å². The van der Waals surface area contributed by atoms with Crippen LogP contribution in [0.1, 0.15) is 49.9 Å². The van der Waals surface area contributed by atoms with Crippen molar-refractivity contribution in [1.29, 1.82) is 0 Å². The summed E-state index contributed by atoms with van der Waals surface area (Å²) in [7, 11) is 0. The number of carbonyl (C=O) groups excluding carboxylic acids is 2. The summed E-state index contributed by atoms with van der Waals surface area (Å²) in [6.45, 7) is 10.6. The number of benzene rings is 2. The van der Waals surface area contributed by atoms with E-state index in [0.717, 1.165) is 36.4 Å². The third kappa shape index (κ3) is 6.82. The summed E-state index contributed by atoms with van der Waals surface area (Å²) in [6, 6.07) is 15.5. The second-order valence-corrected chi connectivity index (χ2v) is 7.08. The van der Waals surface area contributed by atoms with Crippen molar-refractivity contribution in [3.05, 3.63) is 65.2 Å². The normalized spacial score (nSPS) is 11.9. The van der Waals surface area contributed by atoms with E-state index in [1.165, 1.54) is 12.5 Å². The largest absolute Gasteiger partial charge is 0.349 e. The van der Waals surface area contributed by atoms with Gasteiger partial charge in [-0.1, -0.05) is 55.8 Å². The molecule has 0 saturated heterocycles. The monoisotopic (exact) mass is 381 g/mol. The summed E-state index contributed by atoms with van der Waals surface area (Å²) in [6.07, 6.45) is 0.183. The Kier molecular flexibility index (Phi) is 8.20. The minimum atomic E-state index is -0.350. The highest BCUT2D eigenvalue weighted by Gasteiger charge is 2.17. The molecule has 0 heterocycles. The summed E-state index contributed by atoms with van der Waals surface area (Å²) >= 11 is 0. The van der Waals surface area contributed by atoms with Gasteiger partial charge in [0, 0.05) is 19.2 Å². The maximum atomic E-state index is 12.6. The molecule has 1 unspecified atom stereocenters. The Morgan fingerprint density at radius 2 is 1.71 bits per heavy atom. The first kappa shape index (κ1) is 21.6. The van der Waals surface area contributed by atoms with Gasteiger partial charge < -0.3 is 10.6 Å². The molecule has 5 nitrogen and oxygen atoms in total. The number of nitrogens with one attached hydrogen (secondary N) is 2. The van der Waals surface area contributed by atoms with Crippen LogP contribution >= 0.6 is 0 Å². The smallest absolute Gasteiger partial charge is 0.226 e. The Morgan fingerprint density at radius 3 is 2.32 bits per heavy atom. The molecule has 5 heteroatoms. The summed E-state index contributed by atoms with van der Waals surface area (Å²) in [5.41, 5.74) is 4.00. The van der Waals surface area contributed by atoms with Crippen molar-refractivity contribution < 1.29 is 9.59 Å². The van der Waals surface area contributed by atoms with Gasteiger partial charge in [0.1, 0.15) is 0 Å². The fourth-order valence-electron chi connectivity index (χ4n) is 3.15. The van der Waals surface area contributed by atoms with Crippen molar-refractivity contribution in [2.75, 3.05) is 18.4 Å². The highest BCUT2D eigenvalue weighted by molar-refractivity contribution is 5.91. The van der Waals surface area contributed by atoms with E-state index in [1.54, 1.807) is 0 Å². The molecule has 2 N–H and O–H groups in total. The molecule has 28 heavy (non-hydrogen) atoms. The van der Waals surface area contributed by atoms with E-state index in [2.05, 4.69) is 35.4 Å². The van der Waals surface area contributed by atoms with Crippen LogP contribution < -0.4 is 10.6 Å². The van der Waals surface area contributed by atoms with Gasteiger partial charge in [-0.3, -0.25) is 14.5 Å². The zero-order chi connectivity index (χ0) is 20.5. The van der Waals surface area contributed by atoms with E-state index in [4.69, 9.17) is 0 Å². The third-order valence-electron chi connectivity index (χ3n) is 4.76. The van der Waals surface area contributed by atoms with Crippen LogP contribution in [0.4, 0.5) is 5.69 Å². The van der Waals surface area contributed by atoms with Gasteiger partial charge in [-0.25, -0.2) is 0 Å². The molecule has 0 fully saturated rings. The van der Waals surface area contributed by atoms with Crippen LogP contribution in [0.2, 0.25) is 0 Å². The highest BCUT2D eigenvalue weighted by Crippen LogP contribution is 2.19. The lowest BCUT2D eigenvalue weighted by molar-refractivity contribution is -0.120. The number of amides is 2. The molecule has 0 spiro atoms. The summed E-state index contributed by atoms with van der Waals surface area (Å²) < 4.78 is 0. The van der Waals surface area contributed by atoms with Gasteiger partial charge >= 0.3 is 0 Å². The number of hydrogen-bond acceptors (Lipinski definition) is 3. The molecule has 0 aromatic heterocycles. The van der Waals surface area contributed by atoms with Gasteiger partial charge in [0.25, 0.3) is 0 Å². The van der Waals surface area contributed by atoms with Crippen LogP contribution in [-0.4, -0.2) is 29.8 Å². The second kappa shape index (κ2) is 10.6. The first-order valence-corrected chi connectivity index (χ1v) is 9.86. The number of nitrogens with zero attached hydrogens (tertiary/aromatic N) is 1. The lowest BCUT2D eigenvalue weighted by atomic mass is 10.0. The number of hydrogen-bond donors (Lipinski definition) is 2. The molecular formula is C23H31N3O2. The molecule has 2 aromatic rings. The minimum absolute atomic E-state index is 0.126. The Hall–Kier alpha value is -2.66. The lowest BCUT2D eigenvalue weighted by Gasteiger charge is -2.19. The van der Waals surface area contributed by atoms with Crippen LogP contribution in [0.15, 0.2) is 48.5 Å². The SMILES string of the molecule is CCN(CC)Cc1cccc(NC(=O)CC(NC(C)=O)c2ccc(C)cc2)c1. The molecule has 0 saturated carbocycles. The predicted octanol–water partition coefficient (Wildman–Crippen LogP) is 4.04. The number of carbonyl (C=O) groups is 2. The zero-order valence-corrected chi connectivity index (χ0v) is 17.3. The van der Waals surface area contributed by atoms with E-state index in [9.17, 15) is 9.59 Å². The Labute approximate surface area is 168 Å². The maximum absolute atomic E-state index is 12.6. The fourth-order valence-corrected chi connectivity index (χ4v) is 3.15. The summed E-state index contributed by atoms with van der Waals surface area (Å²) in [5.74, 6) is -0.279. The Balaban J connectivity index is 2.05. The standard InChI is InChI=1S/C23H31N3O2/c1-5-26(6-2)16-19-8-7-9-21(14-19)25-23(28)15-22(24-18(4)27)20-12-10-17(3)11-13-20/h7-14,22H,5-6,15-16H2,1-4H3,(H,24,27)(H,25,28). The minimum Gasteiger partial charge on any atom is -0.349 e. The Morgan fingerprint density at radius 1 is 1.04 bits per heavy atom. The van der Waals surface area contributed by atoms with E-state index in [0.29, 0.717) is 0 Å². The average Bonchev–Trinajstić information content (AvgIpc) is 2.66. The molecule has 2 rings (SSSR count). The van der Waals surface area contributed by atoms with E-state index in [-0.39, 0.29) is 24.3 Å². The molecule has 1 atom stereocenters. The topological polar surface area (TPSA) is 61.4 Å². The van der Waals surface area contributed by atoms with Gasteiger partial charge in [-0.2, -0.15) is 0 Å². The van der Waals surface area contributed by atoms with E-state index < -0.39 is 0 Å². The van der Waals surface area contributed by atoms with Crippen LogP contribution in [0.25, 0.3) is 0 Å². The molecule has 2 amide bonds. The molecule has 0 bridgehead atoms. The van der Waals surface area contributed by atoms with Gasteiger partial charge in [0.15, 0.2) is 0 Å². The molecule has 150 valence electrons. The quantitative estimate of drug-likeness (QED) is 0.689. The van der Waals surface area contributed by atoms with Crippen LogP contribution in [-0.2, 0) is 16.1 Å². The van der Waals surface area contributed by atoms with Gasteiger partial charge in [-0.05, 0) is 43.3 Å². The predicted molar refractivity (Wildman–Crippen MR) is 114 cm³/mol. The maximum Gasteiger partial charge on any atom is 0.226 e. The van der Waals surface area contributed by atoms with Crippen molar-refractivity contribution in [2.24, 2.45) is 0 Å². The van der Waals surface area contributed by atoms with E-state index in [1.807, 2.05) is 49.4 Å². The van der Waals surface area contributed by atoms with Crippen molar-refractivity contribution in [2.45, 2.75) is 46.7 Å².